The van der Waals surface area contributed by atoms with Crippen molar-refractivity contribution in [2.45, 2.75) is 37.6 Å². The Morgan fingerprint density at radius 2 is 1.96 bits per heavy atom. The van der Waals surface area contributed by atoms with Gasteiger partial charge in [0.05, 0.1) is 0 Å². The van der Waals surface area contributed by atoms with Crippen LogP contribution in [-0.4, -0.2) is 46.1 Å². The van der Waals surface area contributed by atoms with Crippen LogP contribution >= 0.6 is 15.9 Å². The van der Waals surface area contributed by atoms with Crippen LogP contribution in [-0.2, 0) is 14.3 Å². The van der Waals surface area contributed by atoms with Crippen LogP contribution in [0.4, 0.5) is 4.79 Å². The number of imide groups is 1. The van der Waals surface area contributed by atoms with Crippen LogP contribution in [0.1, 0.15) is 42.5 Å². The fraction of sp³-hybridized carbons (Fsp3) is 0.412. The lowest BCUT2D eigenvalue weighted by Gasteiger charge is -2.30. The number of ether oxygens (including phenoxy) is 1. The first kappa shape index (κ1) is 19.2. The number of nitrogens with zero attached hydrogens (tertiary/aromatic N) is 1. The second-order valence-corrected chi connectivity index (χ2v) is 7.40. The van der Waals surface area contributed by atoms with Gasteiger partial charge in [-0.15, -0.1) is 0 Å². The summed E-state index contributed by atoms with van der Waals surface area (Å²) in [5.74, 6) is -2.55. The number of nitrogens with one attached hydrogen (secondary N) is 2. The number of esters is 1. The zero-order chi connectivity index (χ0) is 19.6. The zero-order valence-corrected chi connectivity index (χ0v) is 15.9. The van der Waals surface area contributed by atoms with Crippen molar-refractivity contribution < 1.29 is 29.0 Å². The highest BCUT2D eigenvalue weighted by atomic mass is 79.9. The van der Waals surface area contributed by atoms with Crippen LogP contribution < -0.4 is 10.7 Å². The Morgan fingerprint density at radius 1 is 1.26 bits per heavy atom. The summed E-state index contributed by atoms with van der Waals surface area (Å²) in [4.78, 5) is 48.6. The molecule has 27 heavy (non-hydrogen) atoms. The Hall–Kier alpha value is -2.62. The highest BCUT2D eigenvalue weighted by Crippen LogP contribution is 2.33. The van der Waals surface area contributed by atoms with Gasteiger partial charge in [-0.05, 0) is 31.0 Å². The molecule has 1 spiro atoms. The molecule has 1 saturated heterocycles. The molecule has 1 aliphatic heterocycles. The lowest BCUT2D eigenvalue weighted by molar-refractivity contribution is -0.140. The fourth-order valence-electron chi connectivity index (χ4n) is 3.25. The van der Waals surface area contributed by atoms with Crippen molar-refractivity contribution in [3.05, 3.63) is 28.2 Å². The first-order valence-electron chi connectivity index (χ1n) is 8.44. The number of carbonyl (C=O) groups excluding carboxylic acids is 4. The van der Waals surface area contributed by atoms with Crippen LogP contribution in [0.2, 0.25) is 0 Å². The Kier molecular flexibility index (Phi) is 5.36. The summed E-state index contributed by atoms with van der Waals surface area (Å²) >= 11 is 3.16. The summed E-state index contributed by atoms with van der Waals surface area (Å²) in [6.45, 7) is -0.713. The van der Waals surface area contributed by atoms with E-state index < -0.39 is 36.0 Å². The normalized spacial score (nSPS) is 18.3. The maximum atomic E-state index is 12.6. The second-order valence-electron chi connectivity index (χ2n) is 6.49. The van der Waals surface area contributed by atoms with E-state index >= 15 is 0 Å². The summed E-state index contributed by atoms with van der Waals surface area (Å²) in [5, 5.41) is 13.0. The SMILES string of the molecule is O=C(COC(=O)c1cc(Br)ccc1O)NN1C(=O)NC2(CCCCC2)C1=O. The van der Waals surface area contributed by atoms with Crippen molar-refractivity contribution >= 4 is 39.7 Å². The molecule has 4 amide bonds. The zero-order valence-electron chi connectivity index (χ0n) is 14.3. The number of hydrazine groups is 1. The van der Waals surface area contributed by atoms with E-state index in [9.17, 15) is 24.3 Å². The molecule has 1 aromatic rings. The van der Waals surface area contributed by atoms with Crippen molar-refractivity contribution in [2.24, 2.45) is 0 Å². The smallest absolute Gasteiger partial charge is 0.344 e. The molecule has 2 fully saturated rings. The number of aromatic hydroxyl groups is 1. The molecule has 1 heterocycles. The first-order chi connectivity index (χ1) is 12.8. The number of benzene rings is 1. The lowest BCUT2D eigenvalue weighted by Crippen LogP contribution is -2.51. The molecule has 0 radical (unpaired) electrons. The van der Waals surface area contributed by atoms with Crippen molar-refractivity contribution in [3.8, 4) is 5.75 Å². The first-order valence-corrected chi connectivity index (χ1v) is 9.23. The average molecular weight is 440 g/mol. The minimum absolute atomic E-state index is 0.117. The molecule has 1 aliphatic carbocycles. The topological polar surface area (TPSA) is 125 Å². The van der Waals surface area contributed by atoms with Gasteiger partial charge in [0.2, 0.25) is 0 Å². The molecule has 0 atom stereocenters. The number of urea groups is 1. The lowest BCUT2D eigenvalue weighted by atomic mass is 9.82. The number of amides is 4. The average Bonchev–Trinajstić information content (AvgIpc) is 2.86. The number of phenols is 1. The molecule has 10 heteroatoms. The molecule has 1 saturated carbocycles. The van der Waals surface area contributed by atoms with E-state index in [2.05, 4.69) is 26.7 Å². The molecule has 2 aliphatic rings. The van der Waals surface area contributed by atoms with Crippen LogP contribution in [0.5, 0.6) is 5.75 Å². The Morgan fingerprint density at radius 3 is 2.67 bits per heavy atom. The van der Waals surface area contributed by atoms with Crippen LogP contribution in [0.25, 0.3) is 0 Å². The fourth-order valence-corrected chi connectivity index (χ4v) is 3.61. The van der Waals surface area contributed by atoms with Gasteiger partial charge in [0.25, 0.3) is 11.8 Å². The molecule has 0 aromatic heterocycles. The second kappa shape index (κ2) is 7.55. The van der Waals surface area contributed by atoms with Gasteiger partial charge < -0.3 is 15.2 Å². The van der Waals surface area contributed by atoms with Crippen molar-refractivity contribution in [1.29, 1.82) is 0 Å². The van der Waals surface area contributed by atoms with Gasteiger partial charge in [-0.3, -0.25) is 15.0 Å². The maximum absolute atomic E-state index is 12.6. The number of halogens is 1. The number of hydrogen-bond acceptors (Lipinski definition) is 6. The molecular formula is C17H18BrN3O6. The van der Waals surface area contributed by atoms with Gasteiger partial charge in [-0.1, -0.05) is 35.2 Å². The molecule has 3 N–H and O–H groups in total. The predicted molar refractivity (Wildman–Crippen MR) is 95.4 cm³/mol. The van der Waals surface area contributed by atoms with Gasteiger partial charge >= 0.3 is 12.0 Å². The molecule has 0 unspecified atom stereocenters. The minimum Gasteiger partial charge on any atom is -0.507 e. The third-order valence-electron chi connectivity index (χ3n) is 4.62. The van der Waals surface area contributed by atoms with Crippen molar-refractivity contribution in [3.63, 3.8) is 0 Å². The van der Waals surface area contributed by atoms with E-state index in [-0.39, 0.29) is 11.3 Å². The Bertz CT molecular complexity index is 806. The van der Waals surface area contributed by atoms with Gasteiger partial charge in [0, 0.05) is 4.47 Å². The largest absolute Gasteiger partial charge is 0.507 e. The van der Waals surface area contributed by atoms with E-state index in [1.165, 1.54) is 18.2 Å². The van der Waals surface area contributed by atoms with Gasteiger partial charge in [-0.2, -0.15) is 5.01 Å². The quantitative estimate of drug-likeness (QED) is 0.483. The highest BCUT2D eigenvalue weighted by Gasteiger charge is 2.52. The third kappa shape index (κ3) is 3.90. The maximum Gasteiger partial charge on any atom is 0.344 e. The van der Waals surface area contributed by atoms with E-state index in [4.69, 9.17) is 4.74 Å². The molecule has 144 valence electrons. The van der Waals surface area contributed by atoms with E-state index in [1.807, 2.05) is 0 Å². The van der Waals surface area contributed by atoms with E-state index in [1.54, 1.807) is 0 Å². The van der Waals surface area contributed by atoms with Gasteiger partial charge in [0.15, 0.2) is 6.61 Å². The van der Waals surface area contributed by atoms with Crippen molar-refractivity contribution in [2.75, 3.05) is 6.61 Å². The van der Waals surface area contributed by atoms with Crippen LogP contribution in [0.3, 0.4) is 0 Å². The van der Waals surface area contributed by atoms with Gasteiger partial charge in [0.1, 0.15) is 16.9 Å². The number of hydrogen-bond donors (Lipinski definition) is 3. The summed E-state index contributed by atoms with van der Waals surface area (Å²) in [5.41, 5.74) is 1.09. The number of phenolic OH excluding ortho intramolecular Hbond substituents is 1. The molecular weight excluding hydrogens is 422 g/mol. The summed E-state index contributed by atoms with van der Waals surface area (Å²) in [6, 6.07) is 3.49. The number of rotatable bonds is 4. The third-order valence-corrected chi connectivity index (χ3v) is 5.11. The van der Waals surface area contributed by atoms with E-state index in [0.29, 0.717) is 22.3 Å². The van der Waals surface area contributed by atoms with E-state index in [0.717, 1.165) is 19.3 Å². The molecule has 9 nitrogen and oxygen atoms in total. The van der Waals surface area contributed by atoms with Crippen LogP contribution in [0, 0.1) is 0 Å². The monoisotopic (exact) mass is 439 g/mol. The minimum atomic E-state index is -0.957. The molecule has 3 rings (SSSR count). The highest BCUT2D eigenvalue weighted by molar-refractivity contribution is 9.10. The van der Waals surface area contributed by atoms with Crippen LogP contribution in [0.15, 0.2) is 22.7 Å². The van der Waals surface area contributed by atoms with Crippen molar-refractivity contribution in [1.82, 2.24) is 15.8 Å². The Labute approximate surface area is 163 Å². The summed E-state index contributed by atoms with van der Waals surface area (Å²) < 4.78 is 5.39. The number of carbonyl (C=O) groups is 4. The van der Waals surface area contributed by atoms with Gasteiger partial charge in [-0.25, -0.2) is 9.59 Å². The predicted octanol–water partition coefficient (Wildman–Crippen LogP) is 1.60. The summed E-state index contributed by atoms with van der Waals surface area (Å²) in [7, 11) is 0. The summed E-state index contributed by atoms with van der Waals surface area (Å²) in [6.07, 6.45) is 3.70. The molecule has 1 aromatic carbocycles. The Balaban J connectivity index is 1.58. The molecule has 0 bridgehead atoms. The standard InChI is InChI=1S/C17H18BrN3O6/c18-10-4-5-12(22)11(8-10)14(24)27-9-13(23)20-21-15(25)17(19-16(21)26)6-2-1-3-7-17/h4-5,8,22H,1-3,6-7,9H2,(H,19,26)(H,20,23).